The number of benzene rings is 1. The third kappa shape index (κ3) is 1.21. The lowest BCUT2D eigenvalue weighted by molar-refractivity contribution is 0.416. The zero-order valence-electron chi connectivity index (χ0n) is 7.30. The van der Waals surface area contributed by atoms with E-state index in [0.29, 0.717) is 0 Å². The molecule has 1 aromatic carbocycles. The van der Waals surface area contributed by atoms with Crippen molar-refractivity contribution in [1.82, 2.24) is 5.16 Å². The fourth-order valence-corrected chi connectivity index (χ4v) is 1.81. The summed E-state index contributed by atoms with van der Waals surface area (Å²) in [5, 5.41) is 4.80. The van der Waals surface area contributed by atoms with Crippen LogP contribution in [0.3, 0.4) is 0 Å². The Morgan fingerprint density at radius 3 is 2.92 bits per heavy atom. The van der Waals surface area contributed by atoms with Crippen LogP contribution >= 0.6 is 15.9 Å². The Balaban J connectivity index is 2.88. The van der Waals surface area contributed by atoms with Gasteiger partial charge in [-0.05, 0) is 35.0 Å². The number of methoxy groups -OCH3 is 1. The van der Waals surface area contributed by atoms with Crippen LogP contribution in [0.1, 0.15) is 5.69 Å². The molecule has 0 N–H and O–H groups in total. The van der Waals surface area contributed by atoms with Crippen LogP contribution in [-0.2, 0) is 0 Å². The van der Waals surface area contributed by atoms with E-state index in [4.69, 9.17) is 9.26 Å². The molecular weight excluding hydrogens is 234 g/mol. The average molecular weight is 242 g/mol. The summed E-state index contributed by atoms with van der Waals surface area (Å²) in [5.41, 5.74) is 1.59. The Morgan fingerprint density at radius 1 is 1.46 bits per heavy atom. The Bertz CT molecular complexity index is 450. The van der Waals surface area contributed by atoms with Crippen molar-refractivity contribution in [2.75, 3.05) is 7.11 Å². The van der Waals surface area contributed by atoms with Gasteiger partial charge in [0.05, 0.1) is 22.7 Å². The Hall–Kier alpha value is -1.03. The first kappa shape index (κ1) is 8.56. The number of hydrogen-bond donors (Lipinski definition) is 0. The number of halogens is 1. The van der Waals surface area contributed by atoms with Crippen LogP contribution in [0.25, 0.3) is 11.0 Å². The molecule has 0 radical (unpaired) electrons. The van der Waals surface area contributed by atoms with Crippen LogP contribution in [0.4, 0.5) is 0 Å². The summed E-state index contributed by atoms with van der Waals surface area (Å²) in [6.45, 7) is 1.89. The zero-order chi connectivity index (χ0) is 9.42. The molecule has 0 spiro atoms. The minimum absolute atomic E-state index is 0.748. The van der Waals surface area contributed by atoms with Gasteiger partial charge in [0.1, 0.15) is 5.75 Å². The maximum atomic E-state index is 5.25. The second-order valence-corrected chi connectivity index (χ2v) is 3.58. The van der Waals surface area contributed by atoms with Gasteiger partial charge in [-0.15, -0.1) is 0 Å². The number of aromatic nitrogens is 1. The van der Waals surface area contributed by atoms with Crippen molar-refractivity contribution in [1.29, 1.82) is 0 Å². The second kappa shape index (κ2) is 3.03. The fourth-order valence-electron chi connectivity index (χ4n) is 1.32. The largest absolute Gasteiger partial charge is 0.495 e. The highest BCUT2D eigenvalue weighted by Crippen LogP contribution is 2.35. The van der Waals surface area contributed by atoms with Gasteiger partial charge in [0.2, 0.25) is 0 Å². The first-order valence-corrected chi connectivity index (χ1v) is 4.62. The highest BCUT2D eigenvalue weighted by Gasteiger charge is 2.12. The van der Waals surface area contributed by atoms with Gasteiger partial charge in [0.15, 0.2) is 5.58 Å². The minimum atomic E-state index is 0.748. The van der Waals surface area contributed by atoms with Crippen LogP contribution in [-0.4, -0.2) is 12.3 Å². The van der Waals surface area contributed by atoms with E-state index >= 15 is 0 Å². The number of aryl methyl sites for hydroxylation is 1. The van der Waals surface area contributed by atoms with Gasteiger partial charge < -0.3 is 9.26 Å². The molecule has 13 heavy (non-hydrogen) atoms. The zero-order valence-corrected chi connectivity index (χ0v) is 8.88. The SMILES string of the molecule is COc1c(Br)ccc2onc(C)c12. The van der Waals surface area contributed by atoms with Crippen molar-refractivity contribution in [2.45, 2.75) is 6.92 Å². The van der Waals surface area contributed by atoms with E-state index in [1.165, 1.54) is 0 Å². The molecule has 0 aliphatic rings. The molecule has 0 aliphatic heterocycles. The smallest absolute Gasteiger partial charge is 0.170 e. The van der Waals surface area contributed by atoms with Crippen molar-refractivity contribution in [2.24, 2.45) is 0 Å². The molecule has 1 aromatic heterocycles. The number of hydrogen-bond acceptors (Lipinski definition) is 3. The highest BCUT2D eigenvalue weighted by atomic mass is 79.9. The highest BCUT2D eigenvalue weighted by molar-refractivity contribution is 9.10. The van der Waals surface area contributed by atoms with Gasteiger partial charge in [-0.25, -0.2) is 0 Å². The summed E-state index contributed by atoms with van der Waals surface area (Å²) in [4.78, 5) is 0. The van der Waals surface area contributed by atoms with Gasteiger partial charge >= 0.3 is 0 Å². The fraction of sp³-hybridized carbons (Fsp3) is 0.222. The van der Waals surface area contributed by atoms with Crippen LogP contribution < -0.4 is 4.74 Å². The van der Waals surface area contributed by atoms with Crippen LogP contribution in [0, 0.1) is 6.92 Å². The molecule has 68 valence electrons. The van der Waals surface area contributed by atoms with E-state index in [0.717, 1.165) is 26.9 Å². The van der Waals surface area contributed by atoms with Gasteiger partial charge in [-0.3, -0.25) is 0 Å². The van der Waals surface area contributed by atoms with E-state index in [1.54, 1.807) is 7.11 Å². The first-order chi connectivity index (χ1) is 6.24. The summed E-state index contributed by atoms with van der Waals surface area (Å²) >= 11 is 3.40. The third-order valence-electron chi connectivity index (χ3n) is 1.92. The van der Waals surface area contributed by atoms with Crippen LogP contribution in [0.15, 0.2) is 21.1 Å². The van der Waals surface area contributed by atoms with Crippen molar-refractivity contribution < 1.29 is 9.26 Å². The molecule has 2 rings (SSSR count). The monoisotopic (exact) mass is 241 g/mol. The Morgan fingerprint density at radius 2 is 2.23 bits per heavy atom. The lowest BCUT2D eigenvalue weighted by Gasteiger charge is -2.02. The topological polar surface area (TPSA) is 35.3 Å². The molecule has 0 saturated heterocycles. The third-order valence-corrected chi connectivity index (χ3v) is 2.54. The number of fused-ring (bicyclic) bond motifs is 1. The van der Waals surface area contributed by atoms with Crippen LogP contribution in [0.2, 0.25) is 0 Å². The van der Waals surface area contributed by atoms with Crippen molar-refractivity contribution in [3.63, 3.8) is 0 Å². The average Bonchev–Trinajstić information content (AvgIpc) is 2.49. The number of ether oxygens (including phenoxy) is 1. The maximum Gasteiger partial charge on any atom is 0.170 e. The van der Waals surface area contributed by atoms with Gasteiger partial charge in [0.25, 0.3) is 0 Å². The Kier molecular flexibility index (Phi) is 2.00. The molecule has 0 bridgehead atoms. The molecule has 4 heteroatoms. The quantitative estimate of drug-likeness (QED) is 0.771. The molecule has 1 heterocycles. The maximum absolute atomic E-state index is 5.25. The summed E-state index contributed by atoms with van der Waals surface area (Å²) in [6.07, 6.45) is 0. The minimum Gasteiger partial charge on any atom is -0.495 e. The molecule has 0 aliphatic carbocycles. The lowest BCUT2D eigenvalue weighted by Crippen LogP contribution is -1.85. The molecule has 3 nitrogen and oxygen atoms in total. The van der Waals surface area contributed by atoms with Crippen molar-refractivity contribution in [3.8, 4) is 5.75 Å². The molecule has 0 fully saturated rings. The summed E-state index contributed by atoms with van der Waals surface area (Å²) in [6, 6.07) is 3.74. The van der Waals surface area contributed by atoms with Gasteiger partial charge in [-0.2, -0.15) is 0 Å². The van der Waals surface area contributed by atoms with Crippen molar-refractivity contribution >= 4 is 26.9 Å². The normalized spacial score (nSPS) is 10.7. The van der Waals surface area contributed by atoms with Gasteiger partial charge in [0, 0.05) is 0 Å². The predicted octanol–water partition coefficient (Wildman–Crippen LogP) is 2.91. The van der Waals surface area contributed by atoms with E-state index < -0.39 is 0 Å². The first-order valence-electron chi connectivity index (χ1n) is 3.82. The molecule has 0 unspecified atom stereocenters. The van der Waals surface area contributed by atoms with E-state index in [2.05, 4.69) is 21.1 Å². The number of rotatable bonds is 1. The number of nitrogens with zero attached hydrogens (tertiary/aromatic N) is 1. The van der Waals surface area contributed by atoms with E-state index in [9.17, 15) is 0 Å². The Labute approximate surface area is 83.8 Å². The van der Waals surface area contributed by atoms with E-state index in [1.807, 2.05) is 19.1 Å². The summed E-state index contributed by atoms with van der Waals surface area (Å²) in [5.74, 6) is 0.774. The van der Waals surface area contributed by atoms with Gasteiger partial charge in [-0.1, -0.05) is 5.16 Å². The van der Waals surface area contributed by atoms with Crippen LogP contribution in [0.5, 0.6) is 5.75 Å². The molecule has 0 atom stereocenters. The molecule has 0 saturated carbocycles. The summed E-state index contributed by atoms with van der Waals surface area (Å²) in [7, 11) is 1.63. The molecular formula is C9H8BrNO2. The predicted molar refractivity (Wildman–Crippen MR) is 53.0 cm³/mol. The van der Waals surface area contributed by atoms with Crippen molar-refractivity contribution in [3.05, 3.63) is 22.3 Å². The molecule has 0 amide bonds. The standard InChI is InChI=1S/C9H8BrNO2/c1-5-8-7(13-11-5)4-3-6(10)9(8)12-2/h3-4H,1-2H3. The van der Waals surface area contributed by atoms with E-state index in [-0.39, 0.29) is 0 Å². The lowest BCUT2D eigenvalue weighted by atomic mass is 10.2. The summed E-state index contributed by atoms with van der Waals surface area (Å²) < 4.78 is 11.3. The second-order valence-electron chi connectivity index (χ2n) is 2.72. The molecule has 2 aromatic rings.